The summed E-state index contributed by atoms with van der Waals surface area (Å²) in [6, 6.07) is 0. The molecule has 0 atom stereocenters. The molecular weight excluding hydrogens is 853 g/mol. The molecule has 0 unspecified atom stereocenters. The van der Waals surface area contributed by atoms with Crippen LogP contribution in [0.25, 0.3) is 0 Å². The Hall–Kier alpha value is -1.59. The van der Waals surface area contributed by atoms with Gasteiger partial charge in [0.2, 0.25) is 0 Å². The first-order valence-corrected chi connectivity index (χ1v) is 30.8. The topological polar surface area (TPSA) is 112 Å². The number of carbonyl (C=O) groups is 3. The van der Waals surface area contributed by atoms with Crippen LogP contribution in [0.1, 0.15) is 365 Å². The Morgan fingerprint density at radius 3 is 0.493 bits per heavy atom. The molecule has 0 aromatic heterocycles. The Kier molecular flexibility index (Phi) is 65.1. The summed E-state index contributed by atoms with van der Waals surface area (Å²) in [5, 5.41) is 25.6. The number of hydrogen-bond acceptors (Lipinski definition) is 3. The van der Waals surface area contributed by atoms with Gasteiger partial charge in [-0.3, -0.25) is 14.4 Å². The highest BCUT2D eigenvalue weighted by atomic mass is 16.4. The normalized spacial score (nSPS) is 11.3. The van der Waals surface area contributed by atoms with Crippen molar-refractivity contribution in [2.24, 2.45) is 23.2 Å². The summed E-state index contributed by atoms with van der Waals surface area (Å²) in [7, 11) is 0. The number of rotatable bonds is 49. The lowest BCUT2D eigenvalue weighted by Crippen LogP contribution is -2.15. The molecule has 0 aromatic carbocycles. The number of unbranched alkanes of at least 4 members (excludes halogenated alkanes) is 33. The summed E-state index contributed by atoms with van der Waals surface area (Å²) < 4.78 is 0. The minimum absolute atomic E-state index is 0.344. The molecular formula is C63H128O6. The third-order valence-electron chi connectivity index (χ3n) is 14.8. The zero-order chi connectivity index (χ0) is 52.5. The first kappa shape index (κ1) is 73.9. The number of hydrogen-bond donors (Lipinski definition) is 3. The lowest BCUT2D eigenvalue weighted by molar-refractivity contribution is -0.138. The van der Waals surface area contributed by atoms with E-state index in [-0.39, 0.29) is 0 Å². The Morgan fingerprint density at radius 1 is 0.261 bits per heavy atom. The second-order valence-corrected chi connectivity index (χ2v) is 22.6. The molecule has 0 bridgehead atoms. The standard InChI is InChI=1S/3C18H36O2.C9H20/c3*1-17(2)15-13-11-9-7-5-3-4-6-8-10-12-14-16-18(19)20;1-5-9(6-2,7-3)8-4/h3*17H,3-16H2,1-2H3,(H,19,20);5-8H2,1-4H3. The Morgan fingerprint density at radius 2 is 0.391 bits per heavy atom. The van der Waals surface area contributed by atoms with Crippen molar-refractivity contribution in [1.29, 1.82) is 0 Å². The lowest BCUT2D eigenvalue weighted by atomic mass is 9.78. The monoisotopic (exact) mass is 981 g/mol. The minimum atomic E-state index is -0.654. The van der Waals surface area contributed by atoms with Crippen LogP contribution in [-0.2, 0) is 14.4 Å². The Balaban J connectivity index is -0.000000421. The lowest BCUT2D eigenvalue weighted by Gasteiger charge is -2.28. The molecule has 0 aromatic rings. The molecule has 3 N–H and O–H groups in total. The van der Waals surface area contributed by atoms with E-state index in [1.807, 2.05) is 0 Å². The van der Waals surface area contributed by atoms with Crippen molar-refractivity contribution < 1.29 is 29.7 Å². The van der Waals surface area contributed by atoms with Gasteiger partial charge in [-0.2, -0.15) is 0 Å². The fraction of sp³-hybridized carbons (Fsp3) is 0.952. The van der Waals surface area contributed by atoms with Crippen molar-refractivity contribution in [3.63, 3.8) is 0 Å². The van der Waals surface area contributed by atoms with E-state index in [1.54, 1.807) is 0 Å². The van der Waals surface area contributed by atoms with Crippen LogP contribution >= 0.6 is 0 Å². The molecule has 6 nitrogen and oxygen atoms in total. The summed E-state index contributed by atoms with van der Waals surface area (Å²) in [6.07, 6.45) is 57.3. The second-order valence-electron chi connectivity index (χ2n) is 22.6. The molecule has 0 rings (SSSR count). The molecule has 0 saturated carbocycles. The minimum Gasteiger partial charge on any atom is -0.481 e. The van der Waals surface area contributed by atoms with Crippen LogP contribution < -0.4 is 0 Å². The average Bonchev–Trinajstić information content (AvgIpc) is 3.30. The van der Waals surface area contributed by atoms with Crippen molar-refractivity contribution >= 4 is 17.9 Å². The van der Waals surface area contributed by atoms with E-state index in [0.29, 0.717) is 24.7 Å². The molecule has 0 aliphatic rings. The Labute approximate surface area is 433 Å². The van der Waals surface area contributed by atoms with Gasteiger partial charge in [-0.05, 0) is 42.4 Å². The van der Waals surface area contributed by atoms with Gasteiger partial charge >= 0.3 is 17.9 Å². The molecule has 69 heavy (non-hydrogen) atoms. The zero-order valence-corrected chi connectivity index (χ0v) is 48.8. The third kappa shape index (κ3) is 73.1. The van der Waals surface area contributed by atoms with E-state index in [1.165, 1.54) is 238 Å². The van der Waals surface area contributed by atoms with E-state index in [4.69, 9.17) is 15.3 Å². The van der Waals surface area contributed by atoms with E-state index in [0.717, 1.165) is 56.3 Å². The quantitative estimate of drug-likeness (QED) is 0.0524. The predicted octanol–water partition coefficient (Wildman–Crippen LogP) is 22.2. The summed E-state index contributed by atoms with van der Waals surface area (Å²) in [5.74, 6) is 0.636. The molecule has 0 radical (unpaired) electrons. The van der Waals surface area contributed by atoms with Gasteiger partial charge in [0, 0.05) is 19.3 Å². The first-order chi connectivity index (χ1) is 33.1. The molecule has 0 heterocycles. The molecule has 6 heteroatoms. The maximum Gasteiger partial charge on any atom is 0.303 e. The van der Waals surface area contributed by atoms with E-state index in [9.17, 15) is 14.4 Å². The molecule has 0 saturated heterocycles. The molecule has 416 valence electrons. The molecule has 0 amide bonds. The van der Waals surface area contributed by atoms with Gasteiger partial charge in [-0.15, -0.1) is 0 Å². The van der Waals surface area contributed by atoms with Crippen LogP contribution in [0.5, 0.6) is 0 Å². The maximum absolute atomic E-state index is 10.3. The van der Waals surface area contributed by atoms with Gasteiger partial charge in [0.15, 0.2) is 0 Å². The van der Waals surface area contributed by atoms with Crippen LogP contribution in [0.15, 0.2) is 0 Å². The van der Waals surface area contributed by atoms with Crippen LogP contribution in [0.2, 0.25) is 0 Å². The van der Waals surface area contributed by atoms with Gasteiger partial charge in [-0.1, -0.05) is 326 Å². The fourth-order valence-corrected chi connectivity index (χ4v) is 9.29. The summed E-state index contributed by atoms with van der Waals surface area (Å²) in [5.41, 5.74) is 0.667. The van der Waals surface area contributed by atoms with Crippen molar-refractivity contribution in [2.75, 3.05) is 0 Å². The van der Waals surface area contributed by atoms with Gasteiger partial charge in [-0.25, -0.2) is 0 Å². The number of carboxylic acids is 3. The Bertz CT molecular complexity index is 875. The van der Waals surface area contributed by atoms with Crippen molar-refractivity contribution in [3.05, 3.63) is 0 Å². The van der Waals surface area contributed by atoms with Crippen LogP contribution in [-0.4, -0.2) is 33.2 Å². The van der Waals surface area contributed by atoms with Crippen LogP contribution in [0, 0.1) is 23.2 Å². The predicted molar refractivity (Wildman–Crippen MR) is 305 cm³/mol. The first-order valence-electron chi connectivity index (χ1n) is 30.8. The summed E-state index contributed by atoms with van der Waals surface area (Å²) >= 11 is 0. The number of carboxylic acid groups (broad SMARTS) is 3. The largest absolute Gasteiger partial charge is 0.481 e. The smallest absolute Gasteiger partial charge is 0.303 e. The maximum atomic E-state index is 10.3. The average molecular weight is 982 g/mol. The highest BCUT2D eigenvalue weighted by Crippen LogP contribution is 2.33. The molecule has 0 spiro atoms. The second kappa shape index (κ2) is 60.7. The summed E-state index contributed by atoms with van der Waals surface area (Å²) in [4.78, 5) is 31.0. The number of aliphatic carboxylic acids is 3. The summed E-state index contributed by atoms with van der Waals surface area (Å²) in [6.45, 7) is 23.1. The molecule has 0 fully saturated rings. The molecule has 0 aliphatic heterocycles. The van der Waals surface area contributed by atoms with E-state index in [2.05, 4.69) is 69.2 Å². The SMILES string of the molecule is CC(C)CCCCCCCCCCCCCCC(=O)O.CC(C)CCCCCCCCCCCCCCC(=O)O.CC(C)CCCCCCCCCCCCCCC(=O)O.CCC(CC)(CC)CC. The van der Waals surface area contributed by atoms with Crippen LogP contribution in [0.3, 0.4) is 0 Å². The zero-order valence-electron chi connectivity index (χ0n) is 48.8. The van der Waals surface area contributed by atoms with Crippen LogP contribution in [0.4, 0.5) is 0 Å². The molecule has 0 aliphatic carbocycles. The van der Waals surface area contributed by atoms with E-state index >= 15 is 0 Å². The fourth-order valence-electron chi connectivity index (χ4n) is 9.29. The highest BCUT2D eigenvalue weighted by molar-refractivity contribution is 5.67. The van der Waals surface area contributed by atoms with Gasteiger partial charge < -0.3 is 15.3 Å². The highest BCUT2D eigenvalue weighted by Gasteiger charge is 2.20. The van der Waals surface area contributed by atoms with Crippen molar-refractivity contribution in [2.45, 2.75) is 365 Å². The van der Waals surface area contributed by atoms with Gasteiger partial charge in [0.05, 0.1) is 0 Å². The van der Waals surface area contributed by atoms with E-state index < -0.39 is 17.9 Å². The third-order valence-corrected chi connectivity index (χ3v) is 14.8. The van der Waals surface area contributed by atoms with Gasteiger partial charge in [0.1, 0.15) is 0 Å². The van der Waals surface area contributed by atoms with Crippen molar-refractivity contribution in [3.8, 4) is 0 Å². The van der Waals surface area contributed by atoms with Crippen molar-refractivity contribution in [1.82, 2.24) is 0 Å². The van der Waals surface area contributed by atoms with Gasteiger partial charge in [0.25, 0.3) is 0 Å².